The largest absolute Gasteiger partial charge is 0.442 e. The van der Waals surface area contributed by atoms with Crippen molar-refractivity contribution < 1.29 is 23.6 Å². The first-order chi connectivity index (χ1) is 18.3. The van der Waals surface area contributed by atoms with Crippen LogP contribution < -0.4 is 20.0 Å². The van der Waals surface area contributed by atoms with Gasteiger partial charge < -0.3 is 19.9 Å². The number of nitrogens with zero attached hydrogens (tertiary/aromatic N) is 5. The summed E-state index contributed by atoms with van der Waals surface area (Å²) in [5.41, 5.74) is 1.11. The molecule has 2 amide bonds. The highest BCUT2D eigenvalue weighted by Gasteiger charge is 2.33. The molecule has 1 unspecified atom stereocenters. The lowest BCUT2D eigenvalue weighted by atomic mass is 10.2. The van der Waals surface area contributed by atoms with Crippen LogP contribution in [-0.4, -0.2) is 67.3 Å². The summed E-state index contributed by atoms with van der Waals surface area (Å²) in [7, 11) is 0. The molecule has 0 radical (unpaired) electrons. The van der Waals surface area contributed by atoms with E-state index in [0.29, 0.717) is 24.5 Å². The van der Waals surface area contributed by atoms with Crippen molar-refractivity contribution in [1.82, 2.24) is 10.3 Å². The van der Waals surface area contributed by atoms with E-state index in [4.69, 9.17) is 4.74 Å². The van der Waals surface area contributed by atoms with Crippen molar-refractivity contribution in [1.29, 1.82) is 0 Å². The molecule has 1 N–H and O–H groups in total. The number of halogens is 1. The Hall–Kier alpha value is -4.26. The molecule has 5 rings (SSSR count). The van der Waals surface area contributed by atoms with Crippen LogP contribution in [0.2, 0.25) is 0 Å². The van der Waals surface area contributed by atoms with Gasteiger partial charge in [-0.2, -0.15) is 0 Å². The minimum absolute atomic E-state index is 0.137. The minimum atomic E-state index is -0.537. The Morgan fingerprint density at radius 1 is 1.18 bits per heavy atom. The van der Waals surface area contributed by atoms with Crippen LogP contribution in [0.15, 0.2) is 60.1 Å². The molecule has 1 atom stereocenters. The predicted molar refractivity (Wildman–Crippen MR) is 142 cm³/mol. The molecular formula is C25H27FN6O5S. The normalized spacial score (nSPS) is 16.9. The van der Waals surface area contributed by atoms with Gasteiger partial charge in [-0.25, -0.2) is 14.2 Å². The van der Waals surface area contributed by atoms with Gasteiger partial charge >= 0.3 is 6.09 Å². The van der Waals surface area contributed by atoms with Gasteiger partial charge in [-0.15, -0.1) is 11.3 Å². The van der Waals surface area contributed by atoms with E-state index in [1.165, 1.54) is 30.0 Å². The molecule has 0 spiro atoms. The Balaban J connectivity index is 0.000000317. The molecule has 38 heavy (non-hydrogen) atoms. The first kappa shape index (κ1) is 26.8. The third kappa shape index (κ3) is 6.73. The molecule has 2 aliphatic rings. The highest BCUT2D eigenvalue weighted by Crippen LogP contribution is 2.29. The van der Waals surface area contributed by atoms with Gasteiger partial charge in [-0.3, -0.25) is 19.8 Å². The number of non-ortho nitro benzene ring substituents is 1. The van der Waals surface area contributed by atoms with Gasteiger partial charge in [0.2, 0.25) is 5.91 Å². The molecule has 13 heteroatoms. The van der Waals surface area contributed by atoms with Crippen LogP contribution in [0.5, 0.6) is 0 Å². The van der Waals surface area contributed by atoms with E-state index in [-0.39, 0.29) is 30.5 Å². The van der Waals surface area contributed by atoms with Gasteiger partial charge in [0.1, 0.15) is 11.9 Å². The second kappa shape index (κ2) is 12.3. The number of cyclic esters (lactones) is 1. The Morgan fingerprint density at radius 2 is 1.89 bits per heavy atom. The van der Waals surface area contributed by atoms with E-state index in [9.17, 15) is 24.1 Å². The summed E-state index contributed by atoms with van der Waals surface area (Å²) in [6, 6.07) is 12.7. The van der Waals surface area contributed by atoms with Gasteiger partial charge in [0, 0.05) is 56.8 Å². The third-order valence-corrected chi connectivity index (χ3v) is 6.81. The van der Waals surface area contributed by atoms with Crippen molar-refractivity contribution >= 4 is 45.5 Å². The van der Waals surface area contributed by atoms with Gasteiger partial charge in [0.15, 0.2) is 5.13 Å². The molecule has 2 aromatic carbocycles. The van der Waals surface area contributed by atoms with Gasteiger partial charge in [0.25, 0.3) is 5.69 Å². The number of anilines is 3. The van der Waals surface area contributed by atoms with E-state index < -0.39 is 17.1 Å². The van der Waals surface area contributed by atoms with E-state index in [2.05, 4.69) is 15.2 Å². The lowest BCUT2D eigenvalue weighted by Gasteiger charge is -2.36. The number of nitro groups is 1. The molecule has 2 aliphatic heterocycles. The molecule has 0 saturated carbocycles. The zero-order valence-corrected chi connectivity index (χ0v) is 21.5. The molecule has 200 valence electrons. The van der Waals surface area contributed by atoms with Crippen LogP contribution in [0.3, 0.4) is 0 Å². The third-order valence-electron chi connectivity index (χ3n) is 5.97. The fourth-order valence-corrected chi connectivity index (χ4v) is 4.77. The summed E-state index contributed by atoms with van der Waals surface area (Å²) in [6.45, 7) is 4.85. The number of ether oxygens (including phenoxy) is 1. The maximum Gasteiger partial charge on any atom is 0.414 e. The van der Waals surface area contributed by atoms with E-state index in [0.717, 1.165) is 18.2 Å². The Labute approximate surface area is 222 Å². The second-order valence-electron chi connectivity index (χ2n) is 8.57. The van der Waals surface area contributed by atoms with Gasteiger partial charge in [-0.05, 0) is 18.2 Å². The minimum Gasteiger partial charge on any atom is -0.442 e. The number of nitro benzene ring substituents is 1. The summed E-state index contributed by atoms with van der Waals surface area (Å²) in [6.07, 6.45) is 0.798. The number of hydrogen-bond acceptors (Lipinski definition) is 9. The maximum atomic E-state index is 14.8. The molecular weight excluding hydrogens is 515 g/mol. The van der Waals surface area contributed by atoms with Crippen molar-refractivity contribution in [3.05, 3.63) is 76.0 Å². The van der Waals surface area contributed by atoms with Crippen molar-refractivity contribution in [2.75, 3.05) is 54.0 Å². The predicted octanol–water partition coefficient (Wildman–Crippen LogP) is 3.66. The average Bonchev–Trinajstić information content (AvgIpc) is 3.59. The summed E-state index contributed by atoms with van der Waals surface area (Å²) in [4.78, 5) is 42.7. The summed E-state index contributed by atoms with van der Waals surface area (Å²) >= 11 is 1.60. The van der Waals surface area contributed by atoms with Gasteiger partial charge in [-0.1, -0.05) is 18.2 Å². The Morgan fingerprint density at radius 3 is 2.47 bits per heavy atom. The average molecular weight is 543 g/mol. The summed E-state index contributed by atoms with van der Waals surface area (Å²) in [5.74, 6) is -0.562. The number of carbonyl (C=O) groups excluding carboxylic acids is 2. The number of thiazole rings is 1. The number of aromatic nitrogens is 1. The van der Waals surface area contributed by atoms with E-state index in [1.807, 2.05) is 10.3 Å². The van der Waals surface area contributed by atoms with Crippen molar-refractivity contribution in [2.45, 2.75) is 13.0 Å². The molecule has 2 fully saturated rings. The molecule has 0 aliphatic carbocycles. The first-order valence-corrected chi connectivity index (χ1v) is 12.8. The summed E-state index contributed by atoms with van der Waals surface area (Å²) < 4.78 is 20.1. The SMILES string of the molecule is CC(=O)NCC1CN(c2ccc(N3CCN(c4nccs4)CC3)c(F)c2)C(=O)O1.O=[N+]([O-])c1ccccc1. The quantitative estimate of drug-likeness (QED) is 0.370. The fraction of sp³-hybridized carbons (Fsp3) is 0.320. The highest BCUT2D eigenvalue weighted by molar-refractivity contribution is 7.13. The Bertz CT molecular complexity index is 1250. The molecule has 3 heterocycles. The van der Waals surface area contributed by atoms with Crippen LogP contribution in [0.1, 0.15) is 6.92 Å². The first-order valence-electron chi connectivity index (χ1n) is 11.9. The topological polar surface area (TPSA) is 121 Å². The smallest absolute Gasteiger partial charge is 0.414 e. The number of amides is 2. The fourth-order valence-electron chi connectivity index (χ4n) is 4.08. The lowest BCUT2D eigenvalue weighted by molar-refractivity contribution is -0.384. The Kier molecular flexibility index (Phi) is 8.69. The number of benzene rings is 2. The maximum absolute atomic E-state index is 14.8. The number of hydrogen-bond donors (Lipinski definition) is 1. The standard InChI is InChI=1S/C19H22FN5O3S.C6H5NO2/c1-13(26)22-11-15-12-25(19(27)28-15)14-2-3-17(16(20)10-14)23-5-7-24(8-6-23)18-21-4-9-29-18;8-7(9)6-4-2-1-3-5-6/h2-4,9-10,15H,5-8,11-12H2,1H3,(H,22,26);1-5H. The monoisotopic (exact) mass is 542 g/mol. The number of nitrogens with one attached hydrogen (secondary N) is 1. The van der Waals surface area contributed by atoms with Crippen LogP contribution in [0.4, 0.5) is 31.4 Å². The lowest BCUT2D eigenvalue weighted by Crippen LogP contribution is -2.46. The van der Waals surface area contributed by atoms with Crippen LogP contribution >= 0.6 is 11.3 Å². The van der Waals surface area contributed by atoms with Crippen LogP contribution in [0.25, 0.3) is 0 Å². The number of carbonyl (C=O) groups is 2. The van der Waals surface area contributed by atoms with E-state index in [1.54, 1.807) is 47.9 Å². The van der Waals surface area contributed by atoms with Crippen LogP contribution in [0, 0.1) is 15.9 Å². The zero-order valence-electron chi connectivity index (χ0n) is 20.7. The van der Waals surface area contributed by atoms with Crippen molar-refractivity contribution in [3.63, 3.8) is 0 Å². The van der Waals surface area contributed by atoms with Crippen molar-refractivity contribution in [3.8, 4) is 0 Å². The number of rotatable bonds is 6. The number of para-hydroxylation sites is 1. The van der Waals surface area contributed by atoms with E-state index >= 15 is 0 Å². The molecule has 0 bridgehead atoms. The van der Waals surface area contributed by atoms with Gasteiger partial charge in [0.05, 0.1) is 29.4 Å². The zero-order chi connectivity index (χ0) is 27.1. The van der Waals surface area contributed by atoms with Crippen LogP contribution in [-0.2, 0) is 9.53 Å². The summed E-state index contributed by atoms with van der Waals surface area (Å²) in [5, 5.41) is 15.6. The highest BCUT2D eigenvalue weighted by atomic mass is 32.1. The molecule has 3 aromatic rings. The second-order valence-corrected chi connectivity index (χ2v) is 9.44. The molecule has 2 saturated heterocycles. The molecule has 11 nitrogen and oxygen atoms in total. The van der Waals surface area contributed by atoms with Crippen molar-refractivity contribution in [2.24, 2.45) is 0 Å². The number of piperazine rings is 1. The molecule has 1 aromatic heterocycles.